The summed E-state index contributed by atoms with van der Waals surface area (Å²) in [4.78, 5) is 11.7. The summed E-state index contributed by atoms with van der Waals surface area (Å²) in [5.74, 6) is 0.677. The summed E-state index contributed by atoms with van der Waals surface area (Å²) in [5, 5.41) is 7.77. The molecule has 6 heteroatoms. The van der Waals surface area contributed by atoms with E-state index in [-0.39, 0.29) is 5.91 Å². The lowest BCUT2D eigenvalue weighted by Crippen LogP contribution is -2.23. The zero-order valence-corrected chi connectivity index (χ0v) is 14.0. The summed E-state index contributed by atoms with van der Waals surface area (Å²) >= 11 is 5.94. The molecular weight excluding hydrogens is 314 g/mol. The lowest BCUT2D eigenvalue weighted by molar-refractivity contribution is -0.116. The van der Waals surface area contributed by atoms with Crippen LogP contribution in [0.3, 0.4) is 0 Å². The zero-order chi connectivity index (χ0) is 16.7. The number of methoxy groups -OCH3 is 1. The van der Waals surface area contributed by atoms with E-state index in [4.69, 9.17) is 16.3 Å². The van der Waals surface area contributed by atoms with Crippen molar-refractivity contribution in [2.24, 2.45) is 0 Å². The number of nitrogens with zero attached hydrogens (tertiary/aromatic N) is 2. The lowest BCUT2D eigenvalue weighted by Gasteiger charge is -2.03. The van der Waals surface area contributed by atoms with Gasteiger partial charge in [-0.15, -0.1) is 0 Å². The molecule has 1 aromatic carbocycles. The highest BCUT2D eigenvalue weighted by atomic mass is 35.5. The number of hydrogen-bond donors (Lipinski definition) is 1. The smallest absolute Gasteiger partial charge is 0.244 e. The number of rotatable bonds is 7. The summed E-state index contributed by atoms with van der Waals surface area (Å²) in [6.45, 7) is 3.17. The fourth-order valence-corrected chi connectivity index (χ4v) is 2.16. The molecule has 0 radical (unpaired) electrons. The van der Waals surface area contributed by atoms with E-state index in [9.17, 15) is 4.79 Å². The van der Waals surface area contributed by atoms with Crippen molar-refractivity contribution >= 4 is 23.6 Å². The molecule has 122 valence electrons. The van der Waals surface area contributed by atoms with E-state index < -0.39 is 0 Å². The van der Waals surface area contributed by atoms with Crippen LogP contribution in [0.25, 0.3) is 6.08 Å². The van der Waals surface area contributed by atoms with E-state index in [1.165, 1.54) is 6.08 Å². The Morgan fingerprint density at radius 2 is 2.13 bits per heavy atom. The van der Waals surface area contributed by atoms with Crippen LogP contribution in [0.1, 0.15) is 17.7 Å². The molecule has 2 rings (SSSR count). The Morgan fingerprint density at radius 3 is 2.74 bits per heavy atom. The molecule has 0 spiro atoms. The number of carbonyl (C=O) groups excluding carboxylic acids is 1. The number of ether oxygens (including phenoxy) is 1. The number of amides is 1. The van der Waals surface area contributed by atoms with E-state index in [1.807, 2.05) is 31.2 Å². The number of aryl methyl sites for hydroxylation is 2. The van der Waals surface area contributed by atoms with Crippen molar-refractivity contribution in [2.75, 3.05) is 13.7 Å². The van der Waals surface area contributed by atoms with Gasteiger partial charge in [0.05, 0.1) is 17.8 Å². The predicted molar refractivity (Wildman–Crippen MR) is 91.6 cm³/mol. The molecule has 0 saturated carbocycles. The van der Waals surface area contributed by atoms with Gasteiger partial charge in [0.15, 0.2) is 0 Å². The summed E-state index contributed by atoms with van der Waals surface area (Å²) in [6.07, 6.45) is 5.88. The molecule has 2 aromatic rings. The van der Waals surface area contributed by atoms with Crippen molar-refractivity contribution in [3.05, 3.63) is 52.8 Å². The Labute approximate surface area is 140 Å². The van der Waals surface area contributed by atoms with Crippen molar-refractivity contribution in [2.45, 2.75) is 19.9 Å². The fourth-order valence-electron chi connectivity index (χ4n) is 2.01. The maximum Gasteiger partial charge on any atom is 0.244 e. The van der Waals surface area contributed by atoms with Crippen LogP contribution in [-0.2, 0) is 11.3 Å². The van der Waals surface area contributed by atoms with Gasteiger partial charge in [-0.1, -0.05) is 23.7 Å². The maximum atomic E-state index is 11.7. The molecule has 0 unspecified atom stereocenters. The van der Waals surface area contributed by atoms with Gasteiger partial charge in [-0.3, -0.25) is 9.48 Å². The highest BCUT2D eigenvalue weighted by Crippen LogP contribution is 2.12. The highest BCUT2D eigenvalue weighted by Gasteiger charge is 2.01. The number of hydrogen-bond acceptors (Lipinski definition) is 3. The van der Waals surface area contributed by atoms with Gasteiger partial charge in [0, 0.05) is 25.4 Å². The molecule has 0 aliphatic rings. The van der Waals surface area contributed by atoms with Gasteiger partial charge in [-0.05, 0) is 37.1 Å². The minimum absolute atomic E-state index is 0.115. The normalized spacial score (nSPS) is 10.9. The van der Waals surface area contributed by atoms with E-state index in [0.29, 0.717) is 11.6 Å². The Kier molecular flexibility index (Phi) is 6.23. The lowest BCUT2D eigenvalue weighted by atomic mass is 10.2. The van der Waals surface area contributed by atoms with Crippen LogP contribution in [-0.4, -0.2) is 29.3 Å². The van der Waals surface area contributed by atoms with E-state index in [2.05, 4.69) is 10.4 Å². The van der Waals surface area contributed by atoms with Crippen molar-refractivity contribution in [1.29, 1.82) is 0 Å². The van der Waals surface area contributed by atoms with E-state index in [0.717, 1.165) is 30.0 Å². The second kappa shape index (κ2) is 8.39. The number of nitrogens with one attached hydrogen (secondary N) is 1. The van der Waals surface area contributed by atoms with E-state index in [1.54, 1.807) is 24.1 Å². The molecule has 1 amide bonds. The van der Waals surface area contributed by atoms with Crippen molar-refractivity contribution < 1.29 is 9.53 Å². The SMILES string of the molecule is COc1ccc(/C=C/C(=O)NCCCn2cc(Cl)c(C)n2)cc1. The second-order valence-corrected chi connectivity index (χ2v) is 5.48. The fraction of sp³-hybridized carbons (Fsp3) is 0.294. The zero-order valence-electron chi connectivity index (χ0n) is 13.3. The molecule has 0 aliphatic carbocycles. The summed E-state index contributed by atoms with van der Waals surface area (Å²) in [7, 11) is 1.62. The average Bonchev–Trinajstić information content (AvgIpc) is 2.88. The Bertz CT molecular complexity index is 658. The molecule has 0 fully saturated rings. The van der Waals surface area contributed by atoms with Crippen LogP contribution in [0.4, 0.5) is 0 Å². The van der Waals surface area contributed by atoms with Gasteiger partial charge in [0.1, 0.15) is 5.75 Å². The van der Waals surface area contributed by atoms with Gasteiger partial charge in [-0.25, -0.2) is 0 Å². The van der Waals surface area contributed by atoms with Crippen molar-refractivity contribution in [3.63, 3.8) is 0 Å². The summed E-state index contributed by atoms with van der Waals surface area (Å²) in [5.41, 5.74) is 1.76. The van der Waals surface area contributed by atoms with Crippen molar-refractivity contribution in [1.82, 2.24) is 15.1 Å². The quantitative estimate of drug-likeness (QED) is 0.626. The molecule has 5 nitrogen and oxygen atoms in total. The van der Waals surface area contributed by atoms with Gasteiger partial charge >= 0.3 is 0 Å². The summed E-state index contributed by atoms with van der Waals surface area (Å²) < 4.78 is 6.88. The first-order valence-corrected chi connectivity index (χ1v) is 7.76. The van der Waals surface area contributed by atoms with Gasteiger partial charge in [0.25, 0.3) is 0 Å². The van der Waals surface area contributed by atoms with Crippen LogP contribution >= 0.6 is 11.6 Å². The monoisotopic (exact) mass is 333 g/mol. The number of aromatic nitrogens is 2. The molecule has 0 saturated heterocycles. The van der Waals surface area contributed by atoms with E-state index >= 15 is 0 Å². The minimum atomic E-state index is -0.115. The third-order valence-electron chi connectivity index (χ3n) is 3.29. The molecular formula is C17H20ClN3O2. The molecule has 0 aliphatic heterocycles. The van der Waals surface area contributed by atoms with Crippen LogP contribution in [0, 0.1) is 6.92 Å². The average molecular weight is 334 g/mol. The van der Waals surface area contributed by atoms with Crippen LogP contribution in [0.2, 0.25) is 5.02 Å². The van der Waals surface area contributed by atoms with Gasteiger partial charge in [0.2, 0.25) is 5.91 Å². The predicted octanol–water partition coefficient (Wildman–Crippen LogP) is 3.07. The molecule has 0 bridgehead atoms. The molecule has 23 heavy (non-hydrogen) atoms. The molecule has 1 N–H and O–H groups in total. The first-order valence-electron chi connectivity index (χ1n) is 7.38. The second-order valence-electron chi connectivity index (χ2n) is 5.08. The standard InChI is InChI=1S/C17H20ClN3O2/c1-13-16(18)12-21(20-13)11-3-10-19-17(22)9-6-14-4-7-15(23-2)8-5-14/h4-9,12H,3,10-11H2,1-2H3,(H,19,22)/b9-6+. The Hall–Kier alpha value is -2.27. The highest BCUT2D eigenvalue weighted by molar-refractivity contribution is 6.31. The molecule has 0 atom stereocenters. The van der Waals surface area contributed by atoms with Crippen LogP contribution in [0.5, 0.6) is 5.75 Å². The Balaban J connectivity index is 1.70. The molecule has 1 heterocycles. The molecule has 1 aromatic heterocycles. The first kappa shape index (κ1) is 17.1. The van der Waals surface area contributed by atoms with Gasteiger partial charge < -0.3 is 10.1 Å². The van der Waals surface area contributed by atoms with Crippen LogP contribution < -0.4 is 10.1 Å². The van der Waals surface area contributed by atoms with Crippen LogP contribution in [0.15, 0.2) is 36.5 Å². The first-order chi connectivity index (χ1) is 11.1. The maximum absolute atomic E-state index is 11.7. The third-order valence-corrected chi connectivity index (χ3v) is 3.66. The summed E-state index contributed by atoms with van der Waals surface area (Å²) in [6, 6.07) is 7.50. The topological polar surface area (TPSA) is 56.1 Å². The minimum Gasteiger partial charge on any atom is -0.497 e. The Morgan fingerprint density at radius 1 is 1.39 bits per heavy atom. The van der Waals surface area contributed by atoms with Gasteiger partial charge in [-0.2, -0.15) is 5.10 Å². The number of halogens is 1. The third kappa shape index (κ3) is 5.45. The number of carbonyl (C=O) groups is 1. The van der Waals surface area contributed by atoms with Crippen molar-refractivity contribution in [3.8, 4) is 5.75 Å². The largest absolute Gasteiger partial charge is 0.497 e. The number of benzene rings is 1.